The second-order valence-electron chi connectivity index (χ2n) is 5.87. The van der Waals surface area contributed by atoms with Crippen molar-refractivity contribution in [2.24, 2.45) is 5.41 Å². The predicted molar refractivity (Wildman–Crippen MR) is 61.1 cm³/mol. The van der Waals surface area contributed by atoms with E-state index in [1.807, 2.05) is 0 Å². The van der Waals surface area contributed by atoms with Crippen molar-refractivity contribution in [3.63, 3.8) is 0 Å². The molecule has 0 amide bonds. The fourth-order valence-corrected chi connectivity index (χ4v) is 1.25. The highest BCUT2D eigenvalue weighted by Gasteiger charge is 2.19. The predicted octanol–water partition coefficient (Wildman–Crippen LogP) is 3.59. The normalized spacial score (nSPS) is 13.4. The molecule has 0 aromatic rings. The van der Waals surface area contributed by atoms with E-state index in [9.17, 15) is 0 Å². The van der Waals surface area contributed by atoms with Crippen LogP contribution in [-0.4, -0.2) is 12.1 Å². The zero-order valence-electron chi connectivity index (χ0n) is 10.3. The molecule has 0 heterocycles. The van der Waals surface area contributed by atoms with Gasteiger partial charge < -0.3 is 5.32 Å². The van der Waals surface area contributed by atoms with Crippen molar-refractivity contribution in [1.82, 2.24) is 5.32 Å². The van der Waals surface area contributed by atoms with Crippen molar-refractivity contribution in [1.29, 1.82) is 0 Å². The summed E-state index contributed by atoms with van der Waals surface area (Å²) in [7, 11) is 0. The quantitative estimate of drug-likeness (QED) is 0.690. The number of hydrogen-bond acceptors (Lipinski definition) is 1. The summed E-state index contributed by atoms with van der Waals surface area (Å²) < 4.78 is 0. The number of unbranched alkanes of at least 4 members (excludes halogenated alkanes) is 1. The molecule has 13 heavy (non-hydrogen) atoms. The van der Waals surface area contributed by atoms with Crippen LogP contribution in [0.2, 0.25) is 0 Å². The van der Waals surface area contributed by atoms with Gasteiger partial charge in [0.05, 0.1) is 0 Å². The molecule has 0 aromatic heterocycles. The number of hydrogen-bond donors (Lipinski definition) is 1. The van der Waals surface area contributed by atoms with Crippen molar-refractivity contribution in [2.45, 2.75) is 66.3 Å². The van der Waals surface area contributed by atoms with Gasteiger partial charge in [-0.3, -0.25) is 0 Å². The zero-order valence-corrected chi connectivity index (χ0v) is 10.3. The van der Waals surface area contributed by atoms with Gasteiger partial charge in [0.1, 0.15) is 0 Å². The third kappa shape index (κ3) is 8.29. The van der Waals surface area contributed by atoms with Crippen molar-refractivity contribution in [3.8, 4) is 0 Å². The Bertz CT molecular complexity index is 131. The standard InChI is InChI=1S/C12H27N/c1-7-8-9-12(5,6)10-13-11(2,3)4/h13H,7-10H2,1-6H3. The van der Waals surface area contributed by atoms with Crippen LogP contribution in [0.4, 0.5) is 0 Å². The molecule has 0 atom stereocenters. The van der Waals surface area contributed by atoms with Crippen molar-refractivity contribution in [3.05, 3.63) is 0 Å². The lowest BCUT2D eigenvalue weighted by molar-refractivity contribution is 0.267. The van der Waals surface area contributed by atoms with Crippen LogP contribution in [0.15, 0.2) is 0 Å². The topological polar surface area (TPSA) is 12.0 Å². The van der Waals surface area contributed by atoms with Gasteiger partial charge >= 0.3 is 0 Å². The van der Waals surface area contributed by atoms with Gasteiger partial charge in [0.15, 0.2) is 0 Å². The molecule has 0 unspecified atom stereocenters. The second-order valence-corrected chi connectivity index (χ2v) is 5.87. The maximum Gasteiger partial charge on any atom is 0.00967 e. The van der Waals surface area contributed by atoms with Gasteiger partial charge in [0.2, 0.25) is 0 Å². The molecule has 0 aliphatic carbocycles. The molecule has 0 aliphatic rings. The number of rotatable bonds is 5. The van der Waals surface area contributed by atoms with Crippen LogP contribution in [0.1, 0.15) is 60.8 Å². The van der Waals surface area contributed by atoms with Gasteiger partial charge in [-0.2, -0.15) is 0 Å². The van der Waals surface area contributed by atoms with Crippen LogP contribution in [0.3, 0.4) is 0 Å². The summed E-state index contributed by atoms with van der Waals surface area (Å²) in [4.78, 5) is 0. The summed E-state index contributed by atoms with van der Waals surface area (Å²) in [6.07, 6.45) is 3.98. The summed E-state index contributed by atoms with van der Waals surface area (Å²) in [6, 6.07) is 0. The molecule has 1 nitrogen and oxygen atoms in total. The second kappa shape index (κ2) is 4.99. The van der Waals surface area contributed by atoms with E-state index < -0.39 is 0 Å². The van der Waals surface area contributed by atoms with E-state index in [4.69, 9.17) is 0 Å². The molecule has 0 bridgehead atoms. The highest BCUT2D eigenvalue weighted by Crippen LogP contribution is 2.22. The Kier molecular flexibility index (Phi) is 4.98. The molecule has 0 saturated carbocycles. The maximum atomic E-state index is 3.57. The molecule has 1 N–H and O–H groups in total. The van der Waals surface area contributed by atoms with E-state index in [0.29, 0.717) is 5.41 Å². The van der Waals surface area contributed by atoms with Crippen molar-refractivity contribution < 1.29 is 0 Å². The van der Waals surface area contributed by atoms with Crippen LogP contribution in [0.25, 0.3) is 0 Å². The molecule has 1 heteroatoms. The lowest BCUT2D eigenvalue weighted by Gasteiger charge is -2.30. The molecule has 0 aliphatic heterocycles. The molecule has 0 aromatic carbocycles. The first-order valence-electron chi connectivity index (χ1n) is 5.52. The van der Waals surface area contributed by atoms with Gasteiger partial charge in [0.25, 0.3) is 0 Å². The van der Waals surface area contributed by atoms with Crippen LogP contribution >= 0.6 is 0 Å². The first-order chi connectivity index (χ1) is 5.77. The van der Waals surface area contributed by atoms with Crippen molar-refractivity contribution >= 4 is 0 Å². The average Bonchev–Trinajstić information content (AvgIpc) is 1.97. The number of nitrogens with one attached hydrogen (secondary N) is 1. The third-order valence-corrected chi connectivity index (χ3v) is 2.30. The Morgan fingerprint density at radius 2 is 1.54 bits per heavy atom. The van der Waals surface area contributed by atoms with E-state index in [1.165, 1.54) is 19.3 Å². The zero-order chi connectivity index (χ0) is 10.5. The van der Waals surface area contributed by atoms with Crippen LogP contribution in [0.5, 0.6) is 0 Å². The SMILES string of the molecule is CCCCC(C)(C)CNC(C)(C)C. The lowest BCUT2D eigenvalue weighted by atomic mass is 9.86. The fraction of sp³-hybridized carbons (Fsp3) is 1.00. The molecule has 0 radical (unpaired) electrons. The van der Waals surface area contributed by atoms with Crippen LogP contribution in [0, 0.1) is 5.41 Å². The summed E-state index contributed by atoms with van der Waals surface area (Å²) >= 11 is 0. The van der Waals surface area contributed by atoms with Gasteiger partial charge in [0, 0.05) is 12.1 Å². The maximum absolute atomic E-state index is 3.57. The Balaban J connectivity index is 3.75. The highest BCUT2D eigenvalue weighted by molar-refractivity contribution is 4.77. The van der Waals surface area contributed by atoms with Crippen LogP contribution in [-0.2, 0) is 0 Å². The first kappa shape index (κ1) is 13.0. The fourth-order valence-electron chi connectivity index (χ4n) is 1.25. The Morgan fingerprint density at radius 3 is 1.92 bits per heavy atom. The molecule has 0 fully saturated rings. The van der Waals surface area contributed by atoms with Gasteiger partial charge in [-0.25, -0.2) is 0 Å². The van der Waals surface area contributed by atoms with Crippen molar-refractivity contribution in [2.75, 3.05) is 6.54 Å². The molecule has 80 valence electrons. The van der Waals surface area contributed by atoms with E-state index in [1.54, 1.807) is 0 Å². The lowest BCUT2D eigenvalue weighted by Crippen LogP contribution is -2.41. The minimum atomic E-state index is 0.253. The van der Waals surface area contributed by atoms with Gasteiger partial charge in [-0.1, -0.05) is 33.6 Å². The van der Waals surface area contributed by atoms with E-state index in [2.05, 4.69) is 46.9 Å². The summed E-state index contributed by atoms with van der Waals surface area (Å²) in [5, 5.41) is 3.57. The summed E-state index contributed by atoms with van der Waals surface area (Å²) in [5.41, 5.74) is 0.701. The highest BCUT2D eigenvalue weighted by atomic mass is 14.9. The largest absolute Gasteiger partial charge is 0.312 e. The Morgan fingerprint density at radius 1 is 1.00 bits per heavy atom. The molecule has 0 saturated heterocycles. The Hall–Kier alpha value is -0.0400. The monoisotopic (exact) mass is 185 g/mol. The summed E-state index contributed by atoms with van der Waals surface area (Å²) in [5.74, 6) is 0. The molecular formula is C12H27N. The van der Waals surface area contributed by atoms with Gasteiger partial charge in [-0.15, -0.1) is 0 Å². The minimum absolute atomic E-state index is 0.253. The van der Waals surface area contributed by atoms with E-state index in [-0.39, 0.29) is 5.54 Å². The van der Waals surface area contributed by atoms with Crippen LogP contribution < -0.4 is 5.32 Å². The minimum Gasteiger partial charge on any atom is -0.312 e. The molecular weight excluding hydrogens is 158 g/mol. The van der Waals surface area contributed by atoms with E-state index >= 15 is 0 Å². The summed E-state index contributed by atoms with van der Waals surface area (Å²) in [6.45, 7) is 14.8. The molecule has 0 rings (SSSR count). The first-order valence-corrected chi connectivity index (χ1v) is 5.52. The smallest absolute Gasteiger partial charge is 0.00967 e. The average molecular weight is 185 g/mol. The third-order valence-electron chi connectivity index (χ3n) is 2.30. The van der Waals surface area contributed by atoms with Gasteiger partial charge in [-0.05, 0) is 32.6 Å². The molecule has 0 spiro atoms. The Labute approximate surface area is 84.3 Å². The van der Waals surface area contributed by atoms with E-state index in [0.717, 1.165) is 6.54 Å².